The van der Waals surface area contributed by atoms with Crippen LogP contribution in [-0.4, -0.2) is 13.4 Å². The molecule has 0 N–H and O–H groups in total. The molecule has 1 aliphatic rings. The van der Waals surface area contributed by atoms with Gasteiger partial charge in [-0.15, -0.1) is 0 Å². The van der Waals surface area contributed by atoms with Gasteiger partial charge in [0.25, 0.3) is 0 Å². The average molecular weight is 266 g/mol. The first kappa shape index (κ1) is 12.5. The van der Waals surface area contributed by atoms with Crippen molar-refractivity contribution >= 4 is 12.0 Å². The second kappa shape index (κ2) is 5.21. The molecule has 0 amide bonds. The third kappa shape index (κ3) is 2.18. The SMILES string of the molecule is COc1ccc2c(c1)C(C=O)C=C(c1ccccc1)O2. The molecule has 100 valence electrons. The lowest BCUT2D eigenvalue weighted by atomic mass is 9.95. The second-order valence-corrected chi connectivity index (χ2v) is 4.56. The highest BCUT2D eigenvalue weighted by atomic mass is 16.5. The lowest BCUT2D eigenvalue weighted by Crippen LogP contribution is -2.10. The van der Waals surface area contributed by atoms with Crippen LogP contribution in [0, 0.1) is 0 Å². The molecule has 3 heteroatoms. The Hall–Kier alpha value is -2.55. The molecule has 1 unspecified atom stereocenters. The van der Waals surface area contributed by atoms with E-state index in [9.17, 15) is 4.79 Å². The molecule has 2 aromatic rings. The van der Waals surface area contributed by atoms with Gasteiger partial charge in [0.2, 0.25) is 0 Å². The minimum absolute atomic E-state index is 0.316. The zero-order chi connectivity index (χ0) is 13.9. The largest absolute Gasteiger partial charge is 0.497 e. The number of ether oxygens (including phenoxy) is 2. The molecule has 2 aromatic carbocycles. The molecular weight excluding hydrogens is 252 g/mol. The van der Waals surface area contributed by atoms with Crippen molar-refractivity contribution < 1.29 is 14.3 Å². The fraction of sp³-hybridized carbons (Fsp3) is 0.118. The smallest absolute Gasteiger partial charge is 0.131 e. The predicted molar refractivity (Wildman–Crippen MR) is 76.8 cm³/mol. The zero-order valence-electron chi connectivity index (χ0n) is 11.1. The molecule has 20 heavy (non-hydrogen) atoms. The zero-order valence-corrected chi connectivity index (χ0v) is 11.1. The van der Waals surface area contributed by atoms with E-state index in [2.05, 4.69) is 0 Å². The molecule has 3 nitrogen and oxygen atoms in total. The number of hydrogen-bond donors (Lipinski definition) is 0. The standard InChI is InChI=1S/C17H14O3/c1-19-14-7-8-16-15(10-14)13(11-18)9-17(20-16)12-5-3-2-4-6-12/h2-11,13H,1H3. The quantitative estimate of drug-likeness (QED) is 0.799. The first-order valence-electron chi connectivity index (χ1n) is 6.40. The van der Waals surface area contributed by atoms with Crippen LogP contribution in [0.25, 0.3) is 5.76 Å². The van der Waals surface area contributed by atoms with E-state index in [0.717, 1.165) is 23.2 Å². The number of carbonyl (C=O) groups excluding carboxylic acids is 1. The summed E-state index contributed by atoms with van der Waals surface area (Å²) in [5.74, 6) is 1.81. The maximum Gasteiger partial charge on any atom is 0.131 e. The first-order valence-corrected chi connectivity index (χ1v) is 6.40. The molecule has 0 saturated heterocycles. The summed E-state index contributed by atoms with van der Waals surface area (Å²) in [6, 6.07) is 15.3. The van der Waals surface area contributed by atoms with Gasteiger partial charge in [0, 0.05) is 11.1 Å². The lowest BCUT2D eigenvalue weighted by Gasteiger charge is -2.22. The number of carbonyl (C=O) groups is 1. The Morgan fingerprint density at radius 1 is 1.15 bits per heavy atom. The summed E-state index contributed by atoms with van der Waals surface area (Å²) in [7, 11) is 1.60. The van der Waals surface area contributed by atoms with Gasteiger partial charge in [-0.3, -0.25) is 0 Å². The van der Waals surface area contributed by atoms with Gasteiger partial charge in [-0.25, -0.2) is 0 Å². The van der Waals surface area contributed by atoms with Gasteiger partial charge in [-0.1, -0.05) is 30.3 Å². The van der Waals surface area contributed by atoms with Crippen molar-refractivity contribution in [2.75, 3.05) is 7.11 Å². The maximum absolute atomic E-state index is 11.4. The van der Waals surface area contributed by atoms with Crippen LogP contribution in [0.4, 0.5) is 0 Å². The second-order valence-electron chi connectivity index (χ2n) is 4.56. The minimum atomic E-state index is -0.316. The molecule has 3 rings (SSSR count). The highest BCUT2D eigenvalue weighted by Crippen LogP contribution is 2.38. The summed E-state index contributed by atoms with van der Waals surface area (Å²) in [6.45, 7) is 0. The topological polar surface area (TPSA) is 35.5 Å². The van der Waals surface area contributed by atoms with Crippen LogP contribution in [0.3, 0.4) is 0 Å². The molecule has 1 aliphatic heterocycles. The Bertz CT molecular complexity index is 659. The van der Waals surface area contributed by atoms with E-state index in [1.807, 2.05) is 54.6 Å². The number of rotatable bonds is 3. The van der Waals surface area contributed by atoms with Gasteiger partial charge in [0.15, 0.2) is 0 Å². The van der Waals surface area contributed by atoms with E-state index >= 15 is 0 Å². The van der Waals surface area contributed by atoms with Crippen LogP contribution in [0.1, 0.15) is 17.0 Å². The summed E-state index contributed by atoms with van der Waals surface area (Å²) in [6.07, 6.45) is 2.76. The summed E-state index contributed by atoms with van der Waals surface area (Å²) < 4.78 is 11.1. The van der Waals surface area contributed by atoms with Crippen molar-refractivity contribution in [1.82, 2.24) is 0 Å². The van der Waals surface area contributed by atoms with E-state index in [4.69, 9.17) is 9.47 Å². The minimum Gasteiger partial charge on any atom is -0.497 e. The normalized spacial score (nSPS) is 16.6. The average Bonchev–Trinajstić information content (AvgIpc) is 2.54. The first-order chi connectivity index (χ1) is 9.81. The van der Waals surface area contributed by atoms with E-state index in [1.54, 1.807) is 7.11 Å². The molecule has 0 spiro atoms. The molecule has 1 atom stereocenters. The Kier molecular flexibility index (Phi) is 3.25. The van der Waals surface area contributed by atoms with Gasteiger partial charge in [0.05, 0.1) is 13.0 Å². The van der Waals surface area contributed by atoms with Crippen molar-refractivity contribution in [3.63, 3.8) is 0 Å². The summed E-state index contributed by atoms with van der Waals surface area (Å²) in [4.78, 5) is 11.4. The summed E-state index contributed by atoms with van der Waals surface area (Å²) in [5, 5.41) is 0. The lowest BCUT2D eigenvalue weighted by molar-refractivity contribution is -0.108. The number of benzene rings is 2. The van der Waals surface area contributed by atoms with Gasteiger partial charge >= 0.3 is 0 Å². The number of aldehydes is 1. The van der Waals surface area contributed by atoms with Crippen molar-refractivity contribution in [2.24, 2.45) is 0 Å². The summed E-state index contributed by atoms with van der Waals surface area (Å²) >= 11 is 0. The predicted octanol–water partition coefficient (Wildman–Crippen LogP) is 3.41. The highest BCUT2D eigenvalue weighted by Gasteiger charge is 2.22. The van der Waals surface area contributed by atoms with E-state index in [1.165, 1.54) is 0 Å². The Morgan fingerprint density at radius 3 is 2.65 bits per heavy atom. The number of hydrogen-bond acceptors (Lipinski definition) is 3. The van der Waals surface area contributed by atoms with Crippen molar-refractivity contribution in [1.29, 1.82) is 0 Å². The van der Waals surface area contributed by atoms with Gasteiger partial charge in [0.1, 0.15) is 23.5 Å². The van der Waals surface area contributed by atoms with Gasteiger partial charge in [-0.05, 0) is 24.3 Å². The van der Waals surface area contributed by atoms with Crippen LogP contribution in [0.2, 0.25) is 0 Å². The molecule has 0 saturated carbocycles. The molecule has 1 heterocycles. The number of methoxy groups -OCH3 is 1. The number of fused-ring (bicyclic) bond motifs is 1. The van der Waals surface area contributed by atoms with Crippen LogP contribution < -0.4 is 9.47 Å². The molecule has 0 aliphatic carbocycles. The Balaban J connectivity index is 2.04. The van der Waals surface area contributed by atoms with Crippen LogP contribution in [0.5, 0.6) is 11.5 Å². The van der Waals surface area contributed by atoms with Crippen molar-refractivity contribution in [3.05, 3.63) is 65.7 Å². The van der Waals surface area contributed by atoms with E-state index in [0.29, 0.717) is 11.5 Å². The van der Waals surface area contributed by atoms with Crippen LogP contribution >= 0.6 is 0 Å². The molecule has 0 radical (unpaired) electrons. The fourth-order valence-electron chi connectivity index (χ4n) is 2.28. The monoisotopic (exact) mass is 266 g/mol. The van der Waals surface area contributed by atoms with Crippen LogP contribution in [0.15, 0.2) is 54.6 Å². The van der Waals surface area contributed by atoms with Crippen LogP contribution in [-0.2, 0) is 4.79 Å². The van der Waals surface area contributed by atoms with Gasteiger partial charge in [-0.2, -0.15) is 0 Å². The molecule has 0 bridgehead atoms. The summed E-state index contributed by atoms with van der Waals surface area (Å²) in [5.41, 5.74) is 1.79. The third-order valence-corrected chi connectivity index (χ3v) is 3.33. The fourth-order valence-corrected chi connectivity index (χ4v) is 2.28. The Morgan fingerprint density at radius 2 is 1.95 bits per heavy atom. The molecule has 0 fully saturated rings. The molecular formula is C17H14O3. The van der Waals surface area contributed by atoms with E-state index < -0.39 is 0 Å². The van der Waals surface area contributed by atoms with E-state index in [-0.39, 0.29) is 5.92 Å². The van der Waals surface area contributed by atoms with Gasteiger partial charge < -0.3 is 14.3 Å². The highest BCUT2D eigenvalue weighted by molar-refractivity contribution is 5.77. The maximum atomic E-state index is 11.4. The third-order valence-electron chi connectivity index (χ3n) is 3.33. The Labute approximate surface area is 117 Å². The van der Waals surface area contributed by atoms with Crippen molar-refractivity contribution in [3.8, 4) is 11.5 Å². The molecule has 0 aromatic heterocycles. The number of allylic oxidation sites excluding steroid dienone is 1. The van der Waals surface area contributed by atoms with Crippen molar-refractivity contribution in [2.45, 2.75) is 5.92 Å².